The van der Waals surface area contributed by atoms with Crippen LogP contribution in [0, 0.1) is 5.82 Å². The van der Waals surface area contributed by atoms with Crippen molar-refractivity contribution in [2.24, 2.45) is 5.73 Å². The van der Waals surface area contributed by atoms with Crippen molar-refractivity contribution in [2.75, 3.05) is 0 Å². The molecule has 0 saturated heterocycles. The molecule has 1 atom stereocenters. The molecular weight excluding hydrogens is 193 g/mol. The van der Waals surface area contributed by atoms with E-state index >= 15 is 0 Å². The highest BCUT2D eigenvalue weighted by Crippen LogP contribution is 2.09. The van der Waals surface area contributed by atoms with E-state index < -0.39 is 0 Å². The Morgan fingerprint density at radius 2 is 2.13 bits per heavy atom. The molecule has 1 rings (SSSR count). The lowest BCUT2D eigenvalue weighted by Crippen LogP contribution is -2.17. The number of hydrogen-bond donors (Lipinski definition) is 1. The van der Waals surface area contributed by atoms with Crippen molar-refractivity contribution in [3.63, 3.8) is 0 Å². The minimum atomic E-state index is -0.313. The zero-order chi connectivity index (χ0) is 11.3. The van der Waals surface area contributed by atoms with Crippen LogP contribution in [0.5, 0.6) is 0 Å². The molecule has 1 aromatic carbocycles. The van der Waals surface area contributed by atoms with Gasteiger partial charge in [0.25, 0.3) is 0 Å². The zero-order valence-corrected chi connectivity index (χ0v) is 8.87. The number of hydrogen-bond acceptors (Lipinski definition) is 2. The summed E-state index contributed by atoms with van der Waals surface area (Å²) in [4.78, 5) is 11.4. The van der Waals surface area contributed by atoms with E-state index in [9.17, 15) is 9.18 Å². The number of ketones is 1. The maximum atomic E-state index is 13.2. The van der Waals surface area contributed by atoms with Crippen LogP contribution in [0.4, 0.5) is 4.39 Å². The van der Waals surface area contributed by atoms with Crippen LogP contribution in [0.3, 0.4) is 0 Å². The molecule has 0 aliphatic rings. The normalized spacial score (nSPS) is 12.5. The van der Waals surface area contributed by atoms with Gasteiger partial charge in [-0.05, 0) is 25.0 Å². The Morgan fingerprint density at radius 3 is 2.73 bits per heavy atom. The Labute approximate surface area is 89.3 Å². The van der Waals surface area contributed by atoms with Crippen LogP contribution in [-0.2, 0) is 11.2 Å². The predicted octanol–water partition coefficient (Wildman–Crippen LogP) is 2.06. The van der Waals surface area contributed by atoms with Gasteiger partial charge in [-0.2, -0.15) is 0 Å². The van der Waals surface area contributed by atoms with Gasteiger partial charge in [-0.15, -0.1) is 0 Å². The molecule has 2 N–H and O–H groups in total. The van der Waals surface area contributed by atoms with Gasteiger partial charge in [-0.1, -0.05) is 18.2 Å². The molecule has 0 aliphatic heterocycles. The first-order chi connectivity index (χ1) is 7.09. The fourth-order valence-electron chi connectivity index (χ4n) is 1.33. The highest BCUT2D eigenvalue weighted by atomic mass is 19.1. The van der Waals surface area contributed by atoms with Crippen molar-refractivity contribution in [3.8, 4) is 0 Å². The number of halogens is 1. The average Bonchev–Trinajstić information content (AvgIpc) is 2.18. The van der Waals surface area contributed by atoms with E-state index in [2.05, 4.69) is 0 Å². The van der Waals surface area contributed by atoms with Gasteiger partial charge in [-0.25, -0.2) is 4.39 Å². The summed E-state index contributed by atoms with van der Waals surface area (Å²) in [6.45, 7) is 1.86. The van der Waals surface area contributed by atoms with Crippen LogP contribution >= 0.6 is 0 Å². The van der Waals surface area contributed by atoms with Crippen molar-refractivity contribution in [1.29, 1.82) is 0 Å². The van der Waals surface area contributed by atoms with Gasteiger partial charge in [-0.3, -0.25) is 4.79 Å². The van der Waals surface area contributed by atoms with Gasteiger partial charge in [0, 0.05) is 18.9 Å². The second-order valence-electron chi connectivity index (χ2n) is 3.82. The first kappa shape index (κ1) is 11.9. The summed E-state index contributed by atoms with van der Waals surface area (Å²) in [6, 6.07) is 6.38. The third kappa shape index (κ3) is 4.21. The summed E-state index contributed by atoms with van der Waals surface area (Å²) in [7, 11) is 0. The summed E-state index contributed by atoms with van der Waals surface area (Å²) in [5.41, 5.74) is 6.00. The van der Waals surface area contributed by atoms with Gasteiger partial charge >= 0.3 is 0 Å². The van der Waals surface area contributed by atoms with Crippen LogP contribution in [0.2, 0.25) is 0 Å². The lowest BCUT2D eigenvalue weighted by Gasteiger charge is -2.04. The first-order valence-electron chi connectivity index (χ1n) is 5.10. The molecule has 0 radical (unpaired) electrons. The monoisotopic (exact) mass is 209 g/mol. The highest BCUT2D eigenvalue weighted by Gasteiger charge is 2.08. The summed E-state index contributed by atoms with van der Waals surface area (Å²) < 4.78 is 13.2. The van der Waals surface area contributed by atoms with Gasteiger partial charge in [0.2, 0.25) is 0 Å². The molecule has 82 valence electrons. The van der Waals surface area contributed by atoms with E-state index in [4.69, 9.17) is 5.73 Å². The van der Waals surface area contributed by atoms with Crippen LogP contribution in [0.15, 0.2) is 24.3 Å². The van der Waals surface area contributed by atoms with Crippen molar-refractivity contribution < 1.29 is 9.18 Å². The fraction of sp³-hybridized carbons (Fsp3) is 0.417. The Bertz CT molecular complexity index is 336. The Hall–Kier alpha value is -1.22. The maximum absolute atomic E-state index is 13.2. The van der Waals surface area contributed by atoms with Crippen LogP contribution in [-0.4, -0.2) is 11.8 Å². The molecule has 0 bridgehead atoms. The molecule has 0 amide bonds. The van der Waals surface area contributed by atoms with E-state index in [0.717, 1.165) is 0 Å². The molecule has 0 saturated carbocycles. The van der Waals surface area contributed by atoms with Crippen LogP contribution in [0.25, 0.3) is 0 Å². The number of rotatable bonds is 5. The standard InChI is InChI=1S/C12H16FNO/c1-9(14)6-7-11(15)8-10-4-2-3-5-12(10)13/h2-5,9H,6-8,14H2,1H3. The van der Waals surface area contributed by atoms with E-state index in [-0.39, 0.29) is 24.1 Å². The number of benzene rings is 1. The number of Topliss-reactive ketones (excluding diaryl/α,β-unsaturated/α-hetero) is 1. The smallest absolute Gasteiger partial charge is 0.137 e. The minimum absolute atomic E-state index is 0.0228. The Kier molecular flexibility index (Phi) is 4.43. The van der Waals surface area contributed by atoms with Crippen molar-refractivity contribution in [2.45, 2.75) is 32.2 Å². The van der Waals surface area contributed by atoms with Crippen molar-refractivity contribution in [1.82, 2.24) is 0 Å². The van der Waals surface area contributed by atoms with E-state index in [1.165, 1.54) is 6.07 Å². The lowest BCUT2D eigenvalue weighted by molar-refractivity contribution is -0.118. The average molecular weight is 209 g/mol. The molecule has 0 spiro atoms. The number of nitrogens with two attached hydrogens (primary N) is 1. The molecule has 1 aromatic rings. The fourth-order valence-corrected chi connectivity index (χ4v) is 1.33. The largest absolute Gasteiger partial charge is 0.328 e. The minimum Gasteiger partial charge on any atom is -0.328 e. The molecule has 0 heterocycles. The predicted molar refractivity (Wildman–Crippen MR) is 58.0 cm³/mol. The molecule has 1 unspecified atom stereocenters. The summed E-state index contributed by atoms with van der Waals surface area (Å²) >= 11 is 0. The summed E-state index contributed by atoms with van der Waals surface area (Å²) in [5, 5.41) is 0. The van der Waals surface area contributed by atoms with Crippen LogP contribution in [0.1, 0.15) is 25.3 Å². The highest BCUT2D eigenvalue weighted by molar-refractivity contribution is 5.80. The molecular formula is C12H16FNO. The third-order valence-electron chi connectivity index (χ3n) is 2.22. The van der Waals surface area contributed by atoms with Gasteiger partial charge < -0.3 is 5.73 Å². The third-order valence-corrected chi connectivity index (χ3v) is 2.22. The van der Waals surface area contributed by atoms with E-state index in [0.29, 0.717) is 18.4 Å². The summed E-state index contributed by atoms with van der Waals surface area (Å²) in [5.74, 6) is -0.274. The number of carbonyl (C=O) groups excluding carboxylic acids is 1. The molecule has 3 heteroatoms. The Morgan fingerprint density at radius 1 is 1.47 bits per heavy atom. The van der Waals surface area contributed by atoms with E-state index in [1.54, 1.807) is 18.2 Å². The molecule has 0 aliphatic carbocycles. The second-order valence-corrected chi connectivity index (χ2v) is 3.82. The molecule has 15 heavy (non-hydrogen) atoms. The maximum Gasteiger partial charge on any atom is 0.137 e. The van der Waals surface area contributed by atoms with Gasteiger partial charge in [0.15, 0.2) is 0 Å². The van der Waals surface area contributed by atoms with Crippen molar-refractivity contribution >= 4 is 5.78 Å². The summed E-state index contributed by atoms with van der Waals surface area (Å²) in [6.07, 6.45) is 1.25. The molecule has 0 fully saturated rings. The SMILES string of the molecule is CC(N)CCC(=O)Cc1ccccc1F. The topological polar surface area (TPSA) is 43.1 Å². The Balaban J connectivity index is 2.48. The van der Waals surface area contributed by atoms with Crippen molar-refractivity contribution in [3.05, 3.63) is 35.6 Å². The van der Waals surface area contributed by atoms with Gasteiger partial charge in [0.05, 0.1) is 0 Å². The van der Waals surface area contributed by atoms with Gasteiger partial charge in [0.1, 0.15) is 11.6 Å². The number of carbonyl (C=O) groups is 1. The molecule has 0 aromatic heterocycles. The lowest BCUT2D eigenvalue weighted by atomic mass is 10.0. The van der Waals surface area contributed by atoms with Crippen LogP contribution < -0.4 is 5.73 Å². The quantitative estimate of drug-likeness (QED) is 0.806. The van der Waals surface area contributed by atoms with E-state index in [1.807, 2.05) is 6.92 Å². The second kappa shape index (κ2) is 5.61. The first-order valence-corrected chi connectivity index (χ1v) is 5.10. The zero-order valence-electron chi connectivity index (χ0n) is 8.87. The molecule has 2 nitrogen and oxygen atoms in total.